The minimum absolute atomic E-state index is 0.0318. The Bertz CT molecular complexity index is 637. The largest absolute Gasteiger partial charge is 0.462 e. The molecule has 24 heavy (non-hydrogen) atoms. The van der Waals surface area contributed by atoms with Gasteiger partial charge in [-0.25, -0.2) is 4.79 Å². The van der Waals surface area contributed by atoms with Gasteiger partial charge in [0.15, 0.2) is 0 Å². The van der Waals surface area contributed by atoms with E-state index in [0.717, 1.165) is 0 Å². The van der Waals surface area contributed by atoms with Gasteiger partial charge in [0.25, 0.3) is 5.91 Å². The third kappa shape index (κ3) is 3.57. The van der Waals surface area contributed by atoms with Gasteiger partial charge in [-0.15, -0.1) is 0 Å². The highest BCUT2D eigenvalue weighted by Gasteiger charge is 2.43. The number of nitrogens with one attached hydrogen (secondary N) is 1. The van der Waals surface area contributed by atoms with Gasteiger partial charge in [-0.05, 0) is 39.2 Å². The van der Waals surface area contributed by atoms with Crippen molar-refractivity contribution >= 4 is 11.9 Å². The number of esters is 1. The van der Waals surface area contributed by atoms with Crippen molar-refractivity contribution < 1.29 is 27.5 Å². The fourth-order valence-electron chi connectivity index (χ4n) is 3.06. The van der Waals surface area contributed by atoms with Gasteiger partial charge in [0.05, 0.1) is 18.1 Å². The number of carbonyl (C=O) groups is 2. The van der Waals surface area contributed by atoms with Crippen LogP contribution in [0.4, 0.5) is 13.2 Å². The fraction of sp³-hybridized carbons (Fsp3) is 0.625. The van der Waals surface area contributed by atoms with E-state index in [4.69, 9.17) is 4.74 Å². The first-order chi connectivity index (χ1) is 11.2. The molecule has 5 nitrogen and oxygen atoms in total. The zero-order chi connectivity index (χ0) is 18.1. The monoisotopic (exact) mass is 346 g/mol. The standard InChI is InChI=1S/C16H21F3N2O3/c1-4-24-15(23)12-9(2)13(20-10(12)3)14(22)21-7-5-6-11(8-21)16(17,18)19/h11,20H,4-8H2,1-3H3/t11-/m1/s1. The molecular weight excluding hydrogens is 325 g/mol. The van der Waals surface area contributed by atoms with Crippen molar-refractivity contribution in [2.24, 2.45) is 5.92 Å². The summed E-state index contributed by atoms with van der Waals surface area (Å²) in [6.07, 6.45) is -3.97. The summed E-state index contributed by atoms with van der Waals surface area (Å²) >= 11 is 0. The molecule has 0 radical (unpaired) electrons. The van der Waals surface area contributed by atoms with Gasteiger partial charge in [0.2, 0.25) is 0 Å². The van der Waals surface area contributed by atoms with E-state index in [9.17, 15) is 22.8 Å². The maximum absolute atomic E-state index is 12.9. The number of hydrogen-bond donors (Lipinski definition) is 1. The van der Waals surface area contributed by atoms with Gasteiger partial charge in [0, 0.05) is 18.8 Å². The molecule has 2 rings (SSSR count). The minimum atomic E-state index is -4.31. The van der Waals surface area contributed by atoms with E-state index < -0.39 is 24.0 Å². The number of alkyl halides is 3. The van der Waals surface area contributed by atoms with Crippen LogP contribution in [0, 0.1) is 19.8 Å². The van der Waals surface area contributed by atoms with Crippen LogP contribution in [0.2, 0.25) is 0 Å². The number of H-pyrrole nitrogens is 1. The number of aromatic nitrogens is 1. The molecule has 0 aromatic carbocycles. The highest BCUT2D eigenvalue weighted by molar-refractivity contribution is 6.00. The second-order valence-corrected chi connectivity index (χ2v) is 5.98. The van der Waals surface area contributed by atoms with E-state index in [1.165, 1.54) is 4.90 Å². The molecule has 0 saturated carbocycles. The first-order valence-corrected chi connectivity index (χ1v) is 7.89. The Morgan fingerprint density at radius 2 is 2.00 bits per heavy atom. The van der Waals surface area contributed by atoms with Crippen LogP contribution in [-0.2, 0) is 4.74 Å². The Labute approximate surface area is 138 Å². The number of aromatic amines is 1. The summed E-state index contributed by atoms with van der Waals surface area (Å²) in [6.45, 7) is 5.02. The van der Waals surface area contributed by atoms with Crippen molar-refractivity contribution in [1.82, 2.24) is 9.88 Å². The van der Waals surface area contributed by atoms with Crippen molar-refractivity contribution in [2.75, 3.05) is 19.7 Å². The molecule has 1 N–H and O–H groups in total. The summed E-state index contributed by atoms with van der Waals surface area (Å²) in [5, 5.41) is 0. The molecule has 1 amide bonds. The molecule has 2 heterocycles. The highest BCUT2D eigenvalue weighted by Crippen LogP contribution is 2.34. The number of ether oxygens (including phenoxy) is 1. The van der Waals surface area contributed by atoms with E-state index in [1.807, 2.05) is 0 Å². The average Bonchev–Trinajstić information content (AvgIpc) is 2.81. The van der Waals surface area contributed by atoms with Crippen molar-refractivity contribution in [3.05, 3.63) is 22.5 Å². The maximum Gasteiger partial charge on any atom is 0.393 e. The summed E-state index contributed by atoms with van der Waals surface area (Å²) in [5.74, 6) is -2.56. The lowest BCUT2D eigenvalue weighted by molar-refractivity contribution is -0.184. The lowest BCUT2D eigenvalue weighted by Crippen LogP contribution is -2.44. The highest BCUT2D eigenvalue weighted by atomic mass is 19.4. The number of aryl methyl sites for hydroxylation is 1. The summed E-state index contributed by atoms with van der Waals surface area (Å²) in [6, 6.07) is 0. The predicted octanol–water partition coefficient (Wildman–Crippen LogP) is 3.22. The first kappa shape index (κ1) is 18.4. The van der Waals surface area contributed by atoms with Crippen LogP contribution in [0.25, 0.3) is 0 Å². The van der Waals surface area contributed by atoms with Crippen molar-refractivity contribution in [3.63, 3.8) is 0 Å². The number of carbonyl (C=O) groups excluding carboxylic acids is 2. The average molecular weight is 346 g/mol. The molecule has 1 aliphatic rings. The van der Waals surface area contributed by atoms with E-state index in [1.54, 1.807) is 20.8 Å². The van der Waals surface area contributed by atoms with E-state index >= 15 is 0 Å². The Balaban J connectivity index is 2.24. The Morgan fingerprint density at radius 1 is 1.33 bits per heavy atom. The van der Waals surface area contributed by atoms with Gasteiger partial charge in [-0.3, -0.25) is 4.79 Å². The van der Waals surface area contributed by atoms with Crippen LogP contribution in [-0.4, -0.2) is 47.6 Å². The number of piperidine rings is 1. The van der Waals surface area contributed by atoms with Crippen LogP contribution in [0.1, 0.15) is 51.9 Å². The Hall–Kier alpha value is -1.99. The van der Waals surface area contributed by atoms with Crippen molar-refractivity contribution in [2.45, 2.75) is 39.8 Å². The van der Waals surface area contributed by atoms with Crippen LogP contribution >= 0.6 is 0 Å². The fourth-order valence-corrected chi connectivity index (χ4v) is 3.06. The molecule has 134 valence electrons. The molecule has 1 aromatic heterocycles. The molecular formula is C16H21F3N2O3. The van der Waals surface area contributed by atoms with E-state index in [0.29, 0.717) is 17.7 Å². The summed E-state index contributed by atoms with van der Waals surface area (Å²) in [5.41, 5.74) is 1.30. The normalized spacial score (nSPS) is 18.6. The second kappa shape index (κ2) is 6.86. The zero-order valence-electron chi connectivity index (χ0n) is 13.9. The quantitative estimate of drug-likeness (QED) is 0.855. The Morgan fingerprint density at radius 3 is 2.58 bits per heavy atom. The molecule has 0 bridgehead atoms. The molecule has 0 unspecified atom stereocenters. The number of amides is 1. The number of nitrogens with zero attached hydrogens (tertiary/aromatic N) is 1. The van der Waals surface area contributed by atoms with Crippen LogP contribution < -0.4 is 0 Å². The van der Waals surface area contributed by atoms with E-state index in [-0.39, 0.29) is 37.4 Å². The molecule has 1 fully saturated rings. The number of halogens is 3. The number of likely N-dealkylation sites (tertiary alicyclic amines) is 1. The lowest BCUT2D eigenvalue weighted by Gasteiger charge is -2.33. The molecule has 8 heteroatoms. The summed E-state index contributed by atoms with van der Waals surface area (Å²) in [7, 11) is 0. The van der Waals surface area contributed by atoms with Crippen LogP contribution in [0.5, 0.6) is 0 Å². The van der Waals surface area contributed by atoms with Gasteiger partial charge in [-0.2, -0.15) is 13.2 Å². The predicted molar refractivity (Wildman–Crippen MR) is 80.9 cm³/mol. The second-order valence-electron chi connectivity index (χ2n) is 5.98. The van der Waals surface area contributed by atoms with Gasteiger partial charge >= 0.3 is 12.1 Å². The first-order valence-electron chi connectivity index (χ1n) is 7.89. The summed E-state index contributed by atoms with van der Waals surface area (Å²) in [4.78, 5) is 28.6. The molecule has 0 spiro atoms. The third-order valence-corrected chi connectivity index (χ3v) is 4.30. The van der Waals surface area contributed by atoms with Gasteiger partial charge < -0.3 is 14.6 Å². The molecule has 0 aliphatic carbocycles. The SMILES string of the molecule is CCOC(=O)c1c(C)[nH]c(C(=O)N2CCC[C@@H](C(F)(F)F)C2)c1C. The van der Waals surface area contributed by atoms with Gasteiger partial charge in [0.1, 0.15) is 5.69 Å². The zero-order valence-corrected chi connectivity index (χ0v) is 13.9. The van der Waals surface area contributed by atoms with Crippen molar-refractivity contribution in [3.8, 4) is 0 Å². The smallest absolute Gasteiger partial charge is 0.393 e. The van der Waals surface area contributed by atoms with Crippen LogP contribution in [0.3, 0.4) is 0 Å². The van der Waals surface area contributed by atoms with E-state index in [2.05, 4.69) is 4.98 Å². The third-order valence-electron chi connectivity index (χ3n) is 4.30. The van der Waals surface area contributed by atoms with Gasteiger partial charge in [-0.1, -0.05) is 0 Å². The Kier molecular flexibility index (Phi) is 5.25. The lowest BCUT2D eigenvalue weighted by atomic mass is 9.97. The number of hydrogen-bond acceptors (Lipinski definition) is 3. The molecule has 1 saturated heterocycles. The minimum Gasteiger partial charge on any atom is -0.462 e. The number of rotatable bonds is 3. The van der Waals surface area contributed by atoms with Crippen LogP contribution in [0.15, 0.2) is 0 Å². The molecule has 1 aliphatic heterocycles. The maximum atomic E-state index is 12.9. The topological polar surface area (TPSA) is 62.4 Å². The van der Waals surface area contributed by atoms with Crippen molar-refractivity contribution in [1.29, 1.82) is 0 Å². The molecule has 1 atom stereocenters. The summed E-state index contributed by atoms with van der Waals surface area (Å²) < 4.78 is 43.7. The molecule has 1 aromatic rings.